The van der Waals surface area contributed by atoms with E-state index in [-0.39, 0.29) is 18.2 Å². The third-order valence-electron chi connectivity index (χ3n) is 1.59. The molecule has 1 rings (SSSR count). The molecule has 3 nitrogen and oxygen atoms in total. The number of aliphatic hydroxyl groups excluding tert-OH is 1. The van der Waals surface area contributed by atoms with Crippen molar-refractivity contribution in [2.75, 3.05) is 12.4 Å². The minimum atomic E-state index is -0.143. The van der Waals surface area contributed by atoms with Gasteiger partial charge in [0.1, 0.15) is 0 Å². The summed E-state index contributed by atoms with van der Waals surface area (Å²) in [5, 5.41) is 8.54. The van der Waals surface area contributed by atoms with Crippen LogP contribution in [0.15, 0.2) is 22.6 Å². The summed E-state index contributed by atoms with van der Waals surface area (Å²) in [5.74, 6) is 0.174. The first-order chi connectivity index (χ1) is 6.15. The van der Waals surface area contributed by atoms with E-state index >= 15 is 0 Å². The second kappa shape index (κ2) is 4.39. The lowest BCUT2D eigenvalue weighted by Crippen LogP contribution is -2.10. The lowest BCUT2D eigenvalue weighted by Gasteiger charge is -2.07. The Labute approximate surface area is 80.5 Å². The van der Waals surface area contributed by atoms with Gasteiger partial charge in [-0.1, -0.05) is 0 Å². The zero-order valence-corrected chi connectivity index (χ0v) is 8.06. The molecule has 4 heteroatoms. The van der Waals surface area contributed by atoms with Crippen molar-refractivity contribution >= 4 is 23.3 Å². The van der Waals surface area contributed by atoms with Crippen LogP contribution < -0.4 is 0 Å². The fraction of sp³-hybridized carbons (Fsp3) is 0.333. The van der Waals surface area contributed by atoms with E-state index in [1.165, 1.54) is 23.9 Å². The van der Waals surface area contributed by atoms with Crippen LogP contribution in [0.5, 0.6) is 0 Å². The molecule has 0 atom stereocenters. The summed E-state index contributed by atoms with van der Waals surface area (Å²) in [4.78, 5) is 22.8. The topological polar surface area (TPSA) is 54.4 Å². The van der Waals surface area contributed by atoms with Crippen molar-refractivity contribution in [1.29, 1.82) is 0 Å². The van der Waals surface area contributed by atoms with Crippen molar-refractivity contribution < 1.29 is 14.7 Å². The number of ketones is 2. The van der Waals surface area contributed by atoms with E-state index in [0.717, 1.165) is 0 Å². The summed E-state index contributed by atoms with van der Waals surface area (Å²) < 4.78 is 0. The number of allylic oxidation sites excluding steroid dienone is 4. The first-order valence-electron chi connectivity index (χ1n) is 3.87. The predicted octanol–water partition coefficient (Wildman–Crippen LogP) is 0.694. The smallest absolute Gasteiger partial charge is 0.192 e. The quantitative estimate of drug-likeness (QED) is 0.678. The Morgan fingerprint density at radius 2 is 2.00 bits per heavy atom. The van der Waals surface area contributed by atoms with Crippen molar-refractivity contribution in [2.45, 2.75) is 6.92 Å². The molecule has 0 saturated heterocycles. The number of hydrogen-bond donors (Lipinski definition) is 1. The molecule has 0 aromatic heterocycles. The Morgan fingerprint density at radius 3 is 2.62 bits per heavy atom. The van der Waals surface area contributed by atoms with Crippen LogP contribution in [0.25, 0.3) is 0 Å². The highest BCUT2D eigenvalue weighted by Gasteiger charge is 2.17. The van der Waals surface area contributed by atoms with Crippen LogP contribution in [0, 0.1) is 0 Å². The molecule has 0 aliphatic heterocycles. The normalized spacial score (nSPS) is 17.1. The summed E-state index contributed by atoms with van der Waals surface area (Å²) in [7, 11) is 0. The van der Waals surface area contributed by atoms with Crippen LogP contribution in [-0.4, -0.2) is 29.0 Å². The monoisotopic (exact) mass is 198 g/mol. The van der Waals surface area contributed by atoms with E-state index in [1.807, 2.05) is 0 Å². The molecule has 0 amide bonds. The molecule has 1 aliphatic carbocycles. The summed E-state index contributed by atoms with van der Waals surface area (Å²) in [6.45, 7) is 1.62. The molecular formula is C9H10O3S. The minimum Gasteiger partial charge on any atom is -0.396 e. The maximum absolute atomic E-state index is 11.3. The molecule has 1 N–H and O–H groups in total. The van der Waals surface area contributed by atoms with Gasteiger partial charge in [0.05, 0.1) is 11.5 Å². The highest BCUT2D eigenvalue weighted by molar-refractivity contribution is 8.04. The van der Waals surface area contributed by atoms with E-state index < -0.39 is 0 Å². The predicted molar refractivity (Wildman–Crippen MR) is 51.4 cm³/mol. The fourth-order valence-corrected chi connectivity index (χ4v) is 1.61. The van der Waals surface area contributed by atoms with E-state index in [0.29, 0.717) is 16.2 Å². The summed E-state index contributed by atoms with van der Waals surface area (Å²) in [6.07, 6.45) is 2.67. The van der Waals surface area contributed by atoms with Gasteiger partial charge < -0.3 is 5.11 Å². The second-order valence-electron chi connectivity index (χ2n) is 2.64. The van der Waals surface area contributed by atoms with Gasteiger partial charge >= 0.3 is 0 Å². The molecule has 0 unspecified atom stereocenters. The number of carbonyl (C=O) groups excluding carboxylic acids is 2. The number of hydrogen-bond acceptors (Lipinski definition) is 4. The van der Waals surface area contributed by atoms with Gasteiger partial charge in [0, 0.05) is 17.4 Å². The number of rotatable bonds is 3. The molecule has 0 saturated carbocycles. The minimum absolute atomic E-state index is 0.00612. The van der Waals surface area contributed by atoms with Crippen LogP contribution in [0.3, 0.4) is 0 Å². The van der Waals surface area contributed by atoms with Crippen LogP contribution in [0.2, 0.25) is 0 Å². The first kappa shape index (κ1) is 10.2. The molecule has 0 spiro atoms. The van der Waals surface area contributed by atoms with Gasteiger partial charge in [-0.05, 0) is 13.0 Å². The van der Waals surface area contributed by atoms with Crippen molar-refractivity contribution in [3.05, 3.63) is 22.6 Å². The number of aliphatic hydroxyl groups is 1. The van der Waals surface area contributed by atoms with E-state index in [9.17, 15) is 9.59 Å². The number of carbonyl (C=O) groups is 2. The molecule has 0 radical (unpaired) electrons. The maximum atomic E-state index is 11.3. The zero-order chi connectivity index (χ0) is 9.84. The SMILES string of the molecule is CC1=CC(=O)C(SCCO)=CC1=O. The third kappa shape index (κ3) is 2.54. The van der Waals surface area contributed by atoms with Gasteiger partial charge in [0.2, 0.25) is 0 Å². The van der Waals surface area contributed by atoms with Crippen LogP contribution in [0.4, 0.5) is 0 Å². The summed E-state index contributed by atoms with van der Waals surface area (Å²) in [6, 6.07) is 0. The van der Waals surface area contributed by atoms with Crippen molar-refractivity contribution in [3.63, 3.8) is 0 Å². The molecule has 13 heavy (non-hydrogen) atoms. The highest BCUT2D eigenvalue weighted by atomic mass is 32.2. The van der Waals surface area contributed by atoms with Crippen LogP contribution in [0.1, 0.15) is 6.92 Å². The number of thioether (sulfide) groups is 1. The van der Waals surface area contributed by atoms with Gasteiger partial charge in [-0.3, -0.25) is 9.59 Å². The largest absolute Gasteiger partial charge is 0.396 e. The standard InChI is InChI=1S/C9H10O3S/c1-6-4-8(12)9(5-7(6)11)13-3-2-10/h4-5,10H,2-3H2,1H3. The molecule has 0 aromatic carbocycles. The van der Waals surface area contributed by atoms with E-state index in [1.54, 1.807) is 6.92 Å². The van der Waals surface area contributed by atoms with Crippen molar-refractivity contribution in [3.8, 4) is 0 Å². The van der Waals surface area contributed by atoms with E-state index in [2.05, 4.69) is 0 Å². The van der Waals surface area contributed by atoms with Crippen molar-refractivity contribution in [1.82, 2.24) is 0 Å². The second-order valence-corrected chi connectivity index (χ2v) is 3.77. The lowest BCUT2D eigenvalue weighted by molar-refractivity contribution is -0.114. The Hall–Kier alpha value is -0.870. The molecule has 0 fully saturated rings. The maximum Gasteiger partial charge on any atom is 0.192 e. The molecule has 70 valence electrons. The highest BCUT2D eigenvalue weighted by Crippen LogP contribution is 2.21. The van der Waals surface area contributed by atoms with E-state index in [4.69, 9.17) is 5.11 Å². The molecule has 0 heterocycles. The molecule has 0 bridgehead atoms. The molecular weight excluding hydrogens is 188 g/mol. The fourth-order valence-electron chi connectivity index (χ4n) is 0.911. The van der Waals surface area contributed by atoms with Gasteiger partial charge in [0.15, 0.2) is 11.6 Å². The van der Waals surface area contributed by atoms with Crippen molar-refractivity contribution in [2.24, 2.45) is 0 Å². The molecule has 1 aliphatic rings. The summed E-state index contributed by atoms with van der Waals surface area (Å²) in [5.41, 5.74) is 0.471. The first-order valence-corrected chi connectivity index (χ1v) is 4.86. The average Bonchev–Trinajstić information content (AvgIpc) is 2.09. The third-order valence-corrected chi connectivity index (χ3v) is 2.61. The van der Waals surface area contributed by atoms with Gasteiger partial charge in [-0.15, -0.1) is 11.8 Å². The van der Waals surface area contributed by atoms with Gasteiger partial charge in [-0.25, -0.2) is 0 Å². The molecule has 0 aromatic rings. The lowest BCUT2D eigenvalue weighted by atomic mass is 10.1. The van der Waals surface area contributed by atoms with Crippen LogP contribution >= 0.6 is 11.8 Å². The Balaban J connectivity index is 2.71. The summed E-state index contributed by atoms with van der Waals surface area (Å²) >= 11 is 1.21. The Kier molecular flexibility index (Phi) is 3.45. The van der Waals surface area contributed by atoms with Crippen LogP contribution in [-0.2, 0) is 9.59 Å². The zero-order valence-electron chi connectivity index (χ0n) is 7.24. The average molecular weight is 198 g/mol. The van der Waals surface area contributed by atoms with Gasteiger partial charge in [0.25, 0.3) is 0 Å². The Morgan fingerprint density at radius 1 is 1.31 bits per heavy atom. The van der Waals surface area contributed by atoms with Gasteiger partial charge in [-0.2, -0.15) is 0 Å². The Bertz CT molecular complexity index is 302.